The first-order valence-corrected chi connectivity index (χ1v) is 7.04. The predicted octanol–water partition coefficient (Wildman–Crippen LogP) is 2.39. The zero-order valence-corrected chi connectivity index (χ0v) is 10.3. The minimum absolute atomic E-state index is 0. The third kappa shape index (κ3) is 6.62. The van der Waals surface area contributed by atoms with Crippen LogP contribution in [0.5, 0.6) is 0 Å². The van der Waals surface area contributed by atoms with Gasteiger partial charge in [-0.2, -0.15) is 8.42 Å². The molecule has 0 unspecified atom stereocenters. The Balaban J connectivity index is 0.00000256. The summed E-state index contributed by atoms with van der Waals surface area (Å²) in [4.78, 5) is 0. The van der Waals surface area contributed by atoms with Gasteiger partial charge in [0.05, 0.1) is 0 Å². The summed E-state index contributed by atoms with van der Waals surface area (Å²) >= 11 is 0. The summed E-state index contributed by atoms with van der Waals surface area (Å²) in [6.45, 7) is 2.16. The molecular weight excluding hydrogens is 251 g/mol. The maximum absolute atomic E-state index is 10.7. The Kier molecular flexibility index (Phi) is 8.41. The molecule has 0 saturated carbocycles. The summed E-state index contributed by atoms with van der Waals surface area (Å²) in [6.07, 6.45) is 6.46. The third-order valence-electron chi connectivity index (χ3n) is 2.42. The van der Waals surface area contributed by atoms with Gasteiger partial charge in [0.2, 0.25) is 5.09 Å². The van der Waals surface area contributed by atoms with Gasteiger partial charge in [-0.25, -0.2) is 0 Å². The summed E-state index contributed by atoms with van der Waals surface area (Å²) < 4.78 is 35.2. The molecule has 0 radical (unpaired) electrons. The Bertz CT molecular complexity index is 411. The summed E-state index contributed by atoms with van der Waals surface area (Å²) in [5.74, 6) is 0.615. The predicted molar refractivity (Wildman–Crippen MR) is 68.1 cm³/mol. The van der Waals surface area contributed by atoms with Crippen molar-refractivity contribution in [3.63, 3.8) is 0 Å². The quantitative estimate of drug-likeness (QED) is 0.469. The molecule has 0 spiro atoms. The van der Waals surface area contributed by atoms with Crippen LogP contribution in [0, 0.1) is 0 Å². The Morgan fingerprint density at radius 3 is 2.35 bits per heavy atom. The van der Waals surface area contributed by atoms with E-state index in [4.69, 9.17) is 8.97 Å². The van der Waals surface area contributed by atoms with Crippen LogP contribution in [-0.4, -0.2) is 42.5 Å². The Morgan fingerprint density at radius 2 is 1.82 bits per heavy atom. The third-order valence-corrected chi connectivity index (χ3v) is 3.15. The number of aryl methyl sites for hydroxylation is 1. The van der Waals surface area contributed by atoms with Crippen molar-refractivity contribution in [1.29, 1.82) is 0 Å². The molecule has 0 aromatic carbocycles. The zero-order valence-electron chi connectivity index (χ0n) is 9.48. The molecule has 4 nitrogen and oxygen atoms in total. The molecule has 0 saturated heterocycles. The van der Waals surface area contributed by atoms with Gasteiger partial charge in [-0.05, 0) is 18.6 Å². The van der Waals surface area contributed by atoms with Crippen LogP contribution in [-0.2, 0) is 16.5 Å². The van der Waals surface area contributed by atoms with E-state index in [-0.39, 0.29) is 34.6 Å². The maximum atomic E-state index is 10.7. The van der Waals surface area contributed by atoms with E-state index >= 15 is 0 Å². The van der Waals surface area contributed by atoms with Crippen LogP contribution in [0.25, 0.3) is 0 Å². The van der Waals surface area contributed by atoms with Crippen molar-refractivity contribution < 1.29 is 17.4 Å². The van der Waals surface area contributed by atoms with Crippen LogP contribution in [0.1, 0.15) is 44.8 Å². The second-order valence-corrected chi connectivity index (χ2v) is 5.21. The molecule has 0 fully saturated rings. The van der Waals surface area contributed by atoms with Crippen molar-refractivity contribution >= 4 is 39.7 Å². The molecule has 6 heteroatoms. The van der Waals surface area contributed by atoms with Gasteiger partial charge >= 0.3 is 39.7 Å². The van der Waals surface area contributed by atoms with Gasteiger partial charge in [-0.1, -0.05) is 32.6 Å². The van der Waals surface area contributed by atoms with Crippen LogP contribution < -0.4 is 0 Å². The molecule has 1 N–H and O–H groups in total. The normalized spacial score (nSPS) is 11.2. The van der Waals surface area contributed by atoms with E-state index in [0.717, 1.165) is 19.3 Å². The first-order valence-electron chi connectivity index (χ1n) is 5.60. The van der Waals surface area contributed by atoms with Crippen molar-refractivity contribution in [2.75, 3.05) is 0 Å². The fourth-order valence-corrected chi connectivity index (χ4v) is 1.99. The second kappa shape index (κ2) is 8.32. The molecule has 0 aliphatic heterocycles. The summed E-state index contributed by atoms with van der Waals surface area (Å²) in [6, 6.07) is 2.89. The van der Waals surface area contributed by atoms with Gasteiger partial charge in [0.15, 0.2) is 0 Å². The van der Waals surface area contributed by atoms with Gasteiger partial charge in [0.25, 0.3) is 0 Å². The van der Waals surface area contributed by atoms with E-state index in [0.29, 0.717) is 5.76 Å². The van der Waals surface area contributed by atoms with E-state index in [1.165, 1.54) is 25.3 Å². The van der Waals surface area contributed by atoms with Gasteiger partial charge in [-0.15, -0.1) is 0 Å². The van der Waals surface area contributed by atoms with Crippen LogP contribution in [0.2, 0.25) is 0 Å². The minimum atomic E-state index is -4.19. The van der Waals surface area contributed by atoms with Crippen molar-refractivity contribution in [1.82, 2.24) is 0 Å². The van der Waals surface area contributed by atoms with Crippen LogP contribution in [0.3, 0.4) is 0 Å². The molecular formula is C11H19NaO4S. The topological polar surface area (TPSA) is 67.5 Å². The number of furan rings is 1. The van der Waals surface area contributed by atoms with Gasteiger partial charge in [-0.3, -0.25) is 4.55 Å². The first kappa shape index (κ1) is 17.2. The van der Waals surface area contributed by atoms with E-state index in [2.05, 4.69) is 6.92 Å². The Labute approximate surface area is 125 Å². The van der Waals surface area contributed by atoms with E-state index in [9.17, 15) is 8.42 Å². The Hall–Kier alpha value is 0.190. The molecule has 0 aliphatic carbocycles. The average Bonchev–Trinajstić information content (AvgIpc) is 2.65. The number of rotatable bonds is 7. The molecule has 17 heavy (non-hydrogen) atoms. The molecule has 94 valence electrons. The zero-order chi connectivity index (χ0) is 12.0. The molecule has 1 aromatic rings. The summed E-state index contributed by atoms with van der Waals surface area (Å²) in [7, 11) is -4.19. The second-order valence-electron chi connectivity index (χ2n) is 3.86. The van der Waals surface area contributed by atoms with E-state index in [1.807, 2.05) is 0 Å². The fraction of sp³-hybridized carbons (Fsp3) is 0.636. The van der Waals surface area contributed by atoms with E-state index < -0.39 is 10.1 Å². The van der Waals surface area contributed by atoms with Crippen molar-refractivity contribution in [2.45, 2.75) is 50.5 Å². The van der Waals surface area contributed by atoms with Crippen molar-refractivity contribution in [3.8, 4) is 0 Å². The monoisotopic (exact) mass is 270 g/mol. The molecule has 1 heterocycles. The number of hydrogen-bond acceptors (Lipinski definition) is 3. The molecule has 0 bridgehead atoms. The number of hydrogen-bond donors (Lipinski definition) is 1. The van der Waals surface area contributed by atoms with Crippen LogP contribution in [0.15, 0.2) is 21.6 Å². The Morgan fingerprint density at radius 1 is 1.18 bits per heavy atom. The van der Waals surface area contributed by atoms with Crippen LogP contribution >= 0.6 is 0 Å². The first-order chi connectivity index (χ1) is 7.54. The molecule has 1 aromatic heterocycles. The van der Waals surface area contributed by atoms with Gasteiger partial charge in [0.1, 0.15) is 5.76 Å². The summed E-state index contributed by atoms with van der Waals surface area (Å²) in [5.41, 5.74) is 0. The molecule has 0 amide bonds. The average molecular weight is 270 g/mol. The van der Waals surface area contributed by atoms with E-state index in [1.54, 1.807) is 6.07 Å². The SMILES string of the molecule is CCCCCCCc1ccc(S(=O)(=O)O)o1.[NaH]. The molecule has 1 rings (SSSR count). The van der Waals surface area contributed by atoms with Crippen LogP contribution in [0.4, 0.5) is 0 Å². The fourth-order valence-electron chi connectivity index (χ4n) is 1.53. The summed E-state index contributed by atoms with van der Waals surface area (Å²) in [5, 5.41) is -0.365. The van der Waals surface area contributed by atoms with Gasteiger partial charge < -0.3 is 4.42 Å². The van der Waals surface area contributed by atoms with Gasteiger partial charge in [0, 0.05) is 6.42 Å². The standard InChI is InChI=1S/C11H18O4S.Na.H/c1-2-3-4-5-6-7-10-8-9-11(15-10)16(12,13)14;;/h8-9H,2-7H2,1H3,(H,12,13,14);;. The molecule has 0 aliphatic rings. The van der Waals surface area contributed by atoms with Crippen molar-refractivity contribution in [2.24, 2.45) is 0 Å². The molecule has 0 atom stereocenters. The van der Waals surface area contributed by atoms with Crippen molar-refractivity contribution in [3.05, 3.63) is 17.9 Å². The number of unbranched alkanes of at least 4 members (excludes halogenated alkanes) is 4.